The molecule has 0 unspecified atom stereocenters. The topological polar surface area (TPSA) is 59.2 Å². The van der Waals surface area contributed by atoms with E-state index in [1.807, 2.05) is 12.1 Å². The first-order valence-electron chi connectivity index (χ1n) is 9.22. The zero-order valence-corrected chi connectivity index (χ0v) is 16.1. The van der Waals surface area contributed by atoms with Gasteiger partial charge < -0.3 is 9.32 Å². The monoisotopic (exact) mass is 391 g/mol. The molecule has 138 valence electrons. The third kappa shape index (κ3) is 3.91. The van der Waals surface area contributed by atoms with Gasteiger partial charge in [-0.2, -0.15) is 0 Å². The lowest BCUT2D eigenvalue weighted by Crippen LogP contribution is -2.50. The van der Waals surface area contributed by atoms with E-state index in [-0.39, 0.29) is 5.91 Å². The highest BCUT2D eigenvalue weighted by atomic mass is 35.5. The first kappa shape index (κ1) is 17.9. The summed E-state index contributed by atoms with van der Waals surface area (Å²) in [6.07, 6.45) is 7.38. The molecule has 2 aliphatic rings. The fourth-order valence-corrected chi connectivity index (χ4v) is 4.89. The minimum atomic E-state index is 0.192. The van der Waals surface area contributed by atoms with Gasteiger partial charge >= 0.3 is 0 Å². The number of hydrogen-bond donors (Lipinski definition) is 0. The van der Waals surface area contributed by atoms with Gasteiger partial charge in [0.25, 0.3) is 5.22 Å². The Morgan fingerprint density at radius 1 is 1.15 bits per heavy atom. The van der Waals surface area contributed by atoms with Crippen LogP contribution in [-0.2, 0) is 4.79 Å². The molecule has 2 atom stereocenters. The second kappa shape index (κ2) is 8.01. The van der Waals surface area contributed by atoms with Crippen molar-refractivity contribution in [3.63, 3.8) is 0 Å². The number of amides is 1. The summed E-state index contributed by atoms with van der Waals surface area (Å²) in [5.41, 5.74) is 0.821. The molecule has 0 N–H and O–H groups in total. The average molecular weight is 392 g/mol. The van der Waals surface area contributed by atoms with Crippen LogP contribution < -0.4 is 0 Å². The van der Waals surface area contributed by atoms with Crippen molar-refractivity contribution in [1.82, 2.24) is 15.1 Å². The minimum Gasteiger partial charge on any atom is -0.411 e. The number of hydrogen-bond acceptors (Lipinski definition) is 5. The van der Waals surface area contributed by atoms with E-state index in [1.165, 1.54) is 37.4 Å². The Bertz CT molecular complexity index is 762. The highest BCUT2D eigenvalue weighted by Crippen LogP contribution is 2.35. The molecule has 1 amide bonds. The maximum absolute atomic E-state index is 12.7. The highest BCUT2D eigenvalue weighted by molar-refractivity contribution is 7.99. The molecule has 4 rings (SSSR count). The molecule has 0 spiro atoms. The van der Waals surface area contributed by atoms with E-state index in [1.54, 1.807) is 12.1 Å². The van der Waals surface area contributed by atoms with Gasteiger partial charge in [0.2, 0.25) is 11.8 Å². The van der Waals surface area contributed by atoms with Crippen LogP contribution in [0.5, 0.6) is 0 Å². The Morgan fingerprint density at radius 3 is 2.77 bits per heavy atom. The predicted octanol–water partition coefficient (Wildman–Crippen LogP) is 4.66. The summed E-state index contributed by atoms with van der Waals surface area (Å²) in [7, 11) is 0. The smallest absolute Gasteiger partial charge is 0.277 e. The summed E-state index contributed by atoms with van der Waals surface area (Å²) in [6, 6.07) is 7.69. The van der Waals surface area contributed by atoms with Gasteiger partial charge in [0.15, 0.2) is 0 Å². The van der Waals surface area contributed by atoms with E-state index in [0.717, 1.165) is 24.9 Å². The maximum Gasteiger partial charge on any atom is 0.277 e. The van der Waals surface area contributed by atoms with Crippen molar-refractivity contribution in [1.29, 1.82) is 0 Å². The van der Waals surface area contributed by atoms with Crippen molar-refractivity contribution >= 4 is 29.3 Å². The standard InChI is InChI=1S/C19H22ClN3O2S/c20-15-9-7-14(8-10-15)18-21-22-19(25-18)26-12-17(24)23-11-3-5-13-4-1-2-6-16(13)23/h7-10,13,16H,1-6,11-12H2/t13-,16-/m1/s1. The van der Waals surface area contributed by atoms with Gasteiger partial charge in [-0.3, -0.25) is 4.79 Å². The third-order valence-electron chi connectivity index (χ3n) is 5.38. The number of piperidine rings is 1. The van der Waals surface area contributed by atoms with E-state index in [4.69, 9.17) is 16.0 Å². The summed E-state index contributed by atoms with van der Waals surface area (Å²) in [5, 5.41) is 9.22. The molecule has 5 nitrogen and oxygen atoms in total. The molecule has 2 aromatic rings. The summed E-state index contributed by atoms with van der Waals surface area (Å²) in [6.45, 7) is 0.889. The van der Waals surface area contributed by atoms with Crippen molar-refractivity contribution < 1.29 is 9.21 Å². The Labute approximate surface area is 162 Å². The average Bonchev–Trinajstić information content (AvgIpc) is 3.15. The van der Waals surface area contributed by atoms with Gasteiger partial charge in [-0.15, -0.1) is 10.2 Å². The van der Waals surface area contributed by atoms with Gasteiger partial charge in [0, 0.05) is 23.2 Å². The fourth-order valence-electron chi connectivity index (χ4n) is 4.12. The normalized spacial score (nSPS) is 22.9. The number of likely N-dealkylation sites (tertiary alicyclic amines) is 1. The SMILES string of the molecule is O=C(CSc1nnc(-c2ccc(Cl)cc2)o1)N1CCC[C@H]2CCCC[C@H]21. The molecular weight excluding hydrogens is 370 g/mol. The molecule has 0 radical (unpaired) electrons. The van der Waals surface area contributed by atoms with E-state index < -0.39 is 0 Å². The largest absolute Gasteiger partial charge is 0.411 e. The van der Waals surface area contributed by atoms with Gasteiger partial charge in [-0.1, -0.05) is 36.2 Å². The molecule has 0 bridgehead atoms. The number of carbonyl (C=O) groups is 1. The first-order chi connectivity index (χ1) is 12.7. The molecule has 1 aliphatic heterocycles. The van der Waals surface area contributed by atoms with Crippen LogP contribution in [0.3, 0.4) is 0 Å². The molecule has 1 aromatic heterocycles. The van der Waals surface area contributed by atoms with Crippen molar-refractivity contribution in [2.24, 2.45) is 5.92 Å². The number of nitrogens with zero attached hydrogens (tertiary/aromatic N) is 3. The van der Waals surface area contributed by atoms with Crippen LogP contribution in [0.4, 0.5) is 0 Å². The lowest BCUT2D eigenvalue weighted by atomic mass is 9.78. The zero-order chi connectivity index (χ0) is 17.9. The molecule has 2 fully saturated rings. The zero-order valence-electron chi connectivity index (χ0n) is 14.6. The minimum absolute atomic E-state index is 0.192. The number of benzene rings is 1. The molecule has 1 saturated carbocycles. The first-order valence-corrected chi connectivity index (χ1v) is 10.6. The highest BCUT2D eigenvalue weighted by Gasteiger charge is 2.35. The van der Waals surface area contributed by atoms with E-state index >= 15 is 0 Å². The fraction of sp³-hybridized carbons (Fsp3) is 0.526. The van der Waals surface area contributed by atoms with Crippen molar-refractivity contribution in [2.45, 2.75) is 49.8 Å². The van der Waals surface area contributed by atoms with Gasteiger partial charge in [0.05, 0.1) is 5.75 Å². The van der Waals surface area contributed by atoms with Crippen LogP contribution in [0.15, 0.2) is 33.9 Å². The van der Waals surface area contributed by atoms with Crippen molar-refractivity contribution in [2.75, 3.05) is 12.3 Å². The summed E-state index contributed by atoms with van der Waals surface area (Å²) in [4.78, 5) is 14.8. The number of carbonyl (C=O) groups excluding carboxylic acids is 1. The quantitative estimate of drug-likeness (QED) is 0.709. The molecule has 7 heteroatoms. The summed E-state index contributed by atoms with van der Waals surface area (Å²) in [5.74, 6) is 1.69. The Morgan fingerprint density at radius 2 is 1.92 bits per heavy atom. The van der Waals surface area contributed by atoms with Crippen molar-refractivity contribution in [3.05, 3.63) is 29.3 Å². The molecule has 2 heterocycles. The molecule has 1 saturated heterocycles. The van der Waals surface area contributed by atoms with Crippen LogP contribution in [-0.4, -0.2) is 39.3 Å². The van der Waals surface area contributed by atoms with Crippen LogP contribution in [0, 0.1) is 5.92 Å². The van der Waals surface area contributed by atoms with Gasteiger partial charge in [-0.25, -0.2) is 0 Å². The third-order valence-corrected chi connectivity index (χ3v) is 6.44. The number of thioether (sulfide) groups is 1. The van der Waals surface area contributed by atoms with Gasteiger partial charge in [0.1, 0.15) is 0 Å². The Balaban J connectivity index is 1.36. The van der Waals surface area contributed by atoms with Gasteiger partial charge in [-0.05, 0) is 55.9 Å². The molecular formula is C19H22ClN3O2S. The lowest BCUT2D eigenvalue weighted by molar-refractivity contribution is -0.134. The molecule has 1 aliphatic carbocycles. The van der Waals surface area contributed by atoms with E-state index in [2.05, 4.69) is 15.1 Å². The van der Waals surface area contributed by atoms with E-state index in [0.29, 0.717) is 33.8 Å². The second-order valence-electron chi connectivity index (χ2n) is 7.01. The molecule has 1 aromatic carbocycles. The predicted molar refractivity (Wildman–Crippen MR) is 102 cm³/mol. The number of fused-ring (bicyclic) bond motifs is 1. The lowest BCUT2D eigenvalue weighted by Gasteiger charge is -2.44. The Kier molecular flexibility index (Phi) is 5.50. The number of rotatable bonds is 4. The molecule has 26 heavy (non-hydrogen) atoms. The van der Waals surface area contributed by atoms with Crippen LogP contribution >= 0.6 is 23.4 Å². The second-order valence-corrected chi connectivity index (χ2v) is 8.37. The number of aromatic nitrogens is 2. The maximum atomic E-state index is 12.7. The summed E-state index contributed by atoms with van der Waals surface area (Å²) >= 11 is 7.22. The van der Waals surface area contributed by atoms with Crippen LogP contribution in [0.25, 0.3) is 11.5 Å². The van der Waals surface area contributed by atoms with Crippen LogP contribution in [0.2, 0.25) is 5.02 Å². The number of halogens is 1. The van der Waals surface area contributed by atoms with E-state index in [9.17, 15) is 4.79 Å². The Hall–Kier alpha value is -1.53. The van der Waals surface area contributed by atoms with Crippen molar-refractivity contribution in [3.8, 4) is 11.5 Å². The van der Waals surface area contributed by atoms with Crippen LogP contribution in [0.1, 0.15) is 38.5 Å². The summed E-state index contributed by atoms with van der Waals surface area (Å²) < 4.78 is 5.68.